The van der Waals surface area contributed by atoms with Gasteiger partial charge in [-0.15, -0.1) is 0 Å². The molecule has 0 atom stereocenters. The molecule has 1 amide bonds. The van der Waals surface area contributed by atoms with Gasteiger partial charge < -0.3 is 5.32 Å². The van der Waals surface area contributed by atoms with E-state index in [1.807, 2.05) is 12.1 Å². The zero-order chi connectivity index (χ0) is 17.9. The Hall–Kier alpha value is -3.61. The lowest BCUT2D eigenvalue weighted by molar-refractivity contribution is 0.0952. The summed E-state index contributed by atoms with van der Waals surface area (Å²) in [4.78, 5) is 20.7. The van der Waals surface area contributed by atoms with Gasteiger partial charge in [-0.2, -0.15) is 5.10 Å². The number of halogens is 1. The number of aromatic nitrogens is 4. The third-order valence-electron chi connectivity index (χ3n) is 3.97. The number of carbonyl (C=O) groups excluding carboxylic acids is 1. The smallest absolute Gasteiger partial charge is 0.257 e. The number of hydrogen-bond acceptors (Lipinski definition) is 4. The van der Waals surface area contributed by atoms with Gasteiger partial charge in [0.1, 0.15) is 11.4 Å². The van der Waals surface area contributed by atoms with Crippen LogP contribution < -0.4 is 5.32 Å². The van der Waals surface area contributed by atoms with Crippen LogP contribution in [0.3, 0.4) is 0 Å². The first-order valence-electron chi connectivity index (χ1n) is 7.98. The Morgan fingerprint density at radius 2 is 1.96 bits per heavy atom. The summed E-state index contributed by atoms with van der Waals surface area (Å²) in [6, 6.07) is 11.6. The summed E-state index contributed by atoms with van der Waals surface area (Å²) in [6.45, 7) is 0.377. The molecule has 0 saturated heterocycles. The molecule has 7 heteroatoms. The molecule has 0 aliphatic heterocycles. The van der Waals surface area contributed by atoms with E-state index in [1.165, 1.54) is 22.8 Å². The Morgan fingerprint density at radius 3 is 2.77 bits per heavy atom. The van der Waals surface area contributed by atoms with Crippen LogP contribution in [0.1, 0.15) is 15.9 Å². The fourth-order valence-electron chi connectivity index (χ4n) is 2.70. The van der Waals surface area contributed by atoms with Gasteiger partial charge in [0.2, 0.25) is 0 Å². The highest BCUT2D eigenvalue weighted by Gasteiger charge is 2.16. The molecular weight excluding hydrogens is 333 g/mol. The van der Waals surface area contributed by atoms with E-state index in [-0.39, 0.29) is 11.7 Å². The topological polar surface area (TPSA) is 72.2 Å². The van der Waals surface area contributed by atoms with Gasteiger partial charge in [0.25, 0.3) is 5.91 Å². The Balaban J connectivity index is 1.65. The molecule has 26 heavy (non-hydrogen) atoms. The summed E-state index contributed by atoms with van der Waals surface area (Å²) < 4.78 is 15.1. The van der Waals surface area contributed by atoms with Crippen molar-refractivity contribution in [1.82, 2.24) is 24.9 Å². The minimum absolute atomic E-state index is 0.277. The fourth-order valence-corrected chi connectivity index (χ4v) is 2.70. The Morgan fingerprint density at radius 1 is 1.12 bits per heavy atom. The van der Waals surface area contributed by atoms with Crippen molar-refractivity contribution in [3.8, 4) is 11.3 Å². The SMILES string of the molecule is O=C(NCc1ccncc1)c1cnn2c(-c3cccc(F)c3)ccnc12. The highest BCUT2D eigenvalue weighted by molar-refractivity contribution is 5.99. The average Bonchev–Trinajstić information content (AvgIpc) is 3.11. The molecule has 0 saturated carbocycles. The Labute approximate surface area is 148 Å². The summed E-state index contributed by atoms with van der Waals surface area (Å²) in [5.74, 6) is -0.615. The van der Waals surface area contributed by atoms with E-state index >= 15 is 0 Å². The molecule has 0 bridgehead atoms. The van der Waals surface area contributed by atoms with E-state index < -0.39 is 0 Å². The molecule has 4 aromatic rings. The lowest BCUT2D eigenvalue weighted by Crippen LogP contribution is -2.22. The van der Waals surface area contributed by atoms with E-state index in [9.17, 15) is 9.18 Å². The molecule has 3 aromatic heterocycles. The summed E-state index contributed by atoms with van der Waals surface area (Å²) in [5.41, 5.74) is 3.03. The molecule has 0 spiro atoms. The Bertz CT molecular complexity index is 1080. The predicted molar refractivity (Wildman–Crippen MR) is 93.8 cm³/mol. The molecule has 0 aliphatic carbocycles. The maximum atomic E-state index is 13.5. The first-order chi connectivity index (χ1) is 12.7. The van der Waals surface area contributed by atoms with Crippen LogP contribution in [0.25, 0.3) is 16.9 Å². The van der Waals surface area contributed by atoms with Crippen molar-refractivity contribution in [2.24, 2.45) is 0 Å². The van der Waals surface area contributed by atoms with Crippen LogP contribution in [0.5, 0.6) is 0 Å². The summed E-state index contributed by atoms with van der Waals surface area (Å²) in [7, 11) is 0. The molecule has 128 valence electrons. The van der Waals surface area contributed by atoms with Gasteiger partial charge in [-0.3, -0.25) is 9.78 Å². The van der Waals surface area contributed by atoms with Crippen molar-refractivity contribution in [3.63, 3.8) is 0 Å². The zero-order valence-corrected chi connectivity index (χ0v) is 13.6. The van der Waals surface area contributed by atoms with Crippen LogP contribution in [0.2, 0.25) is 0 Å². The van der Waals surface area contributed by atoms with Gasteiger partial charge in [-0.05, 0) is 35.9 Å². The first kappa shape index (κ1) is 15.9. The quantitative estimate of drug-likeness (QED) is 0.616. The minimum Gasteiger partial charge on any atom is -0.348 e. The number of nitrogens with zero attached hydrogens (tertiary/aromatic N) is 4. The number of pyridine rings is 1. The highest BCUT2D eigenvalue weighted by atomic mass is 19.1. The second-order valence-corrected chi connectivity index (χ2v) is 5.67. The number of nitrogens with one attached hydrogen (secondary N) is 1. The lowest BCUT2D eigenvalue weighted by Gasteiger charge is -2.06. The molecule has 1 N–H and O–H groups in total. The lowest BCUT2D eigenvalue weighted by atomic mass is 10.1. The fraction of sp³-hybridized carbons (Fsp3) is 0.0526. The van der Waals surface area contributed by atoms with E-state index in [0.717, 1.165) is 5.56 Å². The van der Waals surface area contributed by atoms with Crippen LogP contribution in [0.15, 0.2) is 67.3 Å². The van der Waals surface area contributed by atoms with Crippen molar-refractivity contribution in [2.75, 3.05) is 0 Å². The molecule has 3 heterocycles. The van der Waals surface area contributed by atoms with E-state index in [0.29, 0.717) is 29.0 Å². The van der Waals surface area contributed by atoms with Crippen LogP contribution >= 0.6 is 0 Å². The van der Waals surface area contributed by atoms with Gasteiger partial charge in [0.05, 0.1) is 11.9 Å². The van der Waals surface area contributed by atoms with Gasteiger partial charge >= 0.3 is 0 Å². The van der Waals surface area contributed by atoms with Crippen molar-refractivity contribution in [2.45, 2.75) is 6.54 Å². The normalized spacial score (nSPS) is 10.8. The van der Waals surface area contributed by atoms with Gasteiger partial charge in [-0.1, -0.05) is 12.1 Å². The third-order valence-corrected chi connectivity index (χ3v) is 3.97. The molecule has 6 nitrogen and oxygen atoms in total. The summed E-state index contributed by atoms with van der Waals surface area (Å²) in [6.07, 6.45) is 6.39. The van der Waals surface area contributed by atoms with Crippen molar-refractivity contribution >= 4 is 11.6 Å². The number of rotatable bonds is 4. The molecule has 0 aliphatic rings. The van der Waals surface area contributed by atoms with Gasteiger partial charge in [-0.25, -0.2) is 13.9 Å². The largest absolute Gasteiger partial charge is 0.348 e. The second kappa shape index (κ2) is 6.72. The summed E-state index contributed by atoms with van der Waals surface area (Å²) >= 11 is 0. The molecule has 0 radical (unpaired) electrons. The van der Waals surface area contributed by atoms with E-state index in [2.05, 4.69) is 20.4 Å². The van der Waals surface area contributed by atoms with Crippen LogP contribution in [0.4, 0.5) is 4.39 Å². The van der Waals surface area contributed by atoms with Crippen molar-refractivity contribution < 1.29 is 9.18 Å². The van der Waals surface area contributed by atoms with Crippen LogP contribution in [-0.2, 0) is 6.54 Å². The van der Waals surface area contributed by atoms with Crippen molar-refractivity contribution in [1.29, 1.82) is 0 Å². The highest BCUT2D eigenvalue weighted by Crippen LogP contribution is 2.21. The van der Waals surface area contributed by atoms with Gasteiger partial charge in [0.15, 0.2) is 5.65 Å². The standard InChI is InChI=1S/C19H14FN5O/c20-15-3-1-2-14(10-15)17-6-9-22-18-16(12-24-25(17)18)19(26)23-11-13-4-7-21-8-5-13/h1-10,12H,11H2,(H,23,26). The number of fused-ring (bicyclic) bond motifs is 1. The molecule has 4 rings (SSSR count). The third kappa shape index (κ3) is 3.02. The molecule has 0 unspecified atom stereocenters. The van der Waals surface area contributed by atoms with Crippen LogP contribution in [-0.4, -0.2) is 25.5 Å². The monoisotopic (exact) mass is 347 g/mol. The zero-order valence-electron chi connectivity index (χ0n) is 13.6. The predicted octanol–water partition coefficient (Wildman–Crippen LogP) is 2.86. The number of carbonyl (C=O) groups is 1. The second-order valence-electron chi connectivity index (χ2n) is 5.67. The molecular formula is C19H14FN5O. The van der Waals surface area contributed by atoms with Gasteiger partial charge in [0, 0.05) is 30.7 Å². The van der Waals surface area contributed by atoms with E-state index in [1.54, 1.807) is 36.8 Å². The Kier molecular flexibility index (Phi) is 4.10. The van der Waals surface area contributed by atoms with Crippen molar-refractivity contribution in [3.05, 3.63) is 84.2 Å². The number of hydrogen-bond donors (Lipinski definition) is 1. The van der Waals surface area contributed by atoms with Crippen LogP contribution in [0, 0.1) is 5.82 Å². The average molecular weight is 347 g/mol. The number of amides is 1. The number of benzene rings is 1. The minimum atomic E-state index is -0.338. The maximum absolute atomic E-state index is 13.5. The molecule has 1 aromatic carbocycles. The van der Waals surface area contributed by atoms with E-state index in [4.69, 9.17) is 0 Å². The maximum Gasteiger partial charge on any atom is 0.257 e. The molecule has 0 fully saturated rings. The first-order valence-corrected chi connectivity index (χ1v) is 7.98. The summed E-state index contributed by atoms with van der Waals surface area (Å²) in [5, 5.41) is 7.10.